The number of hydrogen-bond donors (Lipinski definition) is 2. The zero-order valence-electron chi connectivity index (χ0n) is 9.72. The molecule has 1 heterocycles. The number of aromatic nitrogens is 1. The molecule has 1 rings (SSSR count). The Hall–Kier alpha value is -1.27. The lowest BCUT2D eigenvalue weighted by molar-refractivity contribution is -0.139. The normalized spacial score (nSPS) is 11.9. The van der Waals surface area contributed by atoms with E-state index in [-0.39, 0.29) is 5.69 Å². The van der Waals surface area contributed by atoms with Crippen LogP contribution in [0, 0.1) is 0 Å². The molecule has 0 bridgehead atoms. The number of carboxylic acids is 1. The minimum absolute atomic E-state index is 0.109. The number of halogens is 1. The number of nitrogens with one attached hydrogen (secondary N) is 1. The summed E-state index contributed by atoms with van der Waals surface area (Å²) in [6.07, 6.45) is 3.64. The molecule has 0 fully saturated rings. The molecule has 2 N–H and O–H groups in total. The maximum atomic E-state index is 11.8. The second kappa shape index (κ2) is 7.23. The first kappa shape index (κ1) is 14.8. The molecule has 0 saturated heterocycles. The van der Waals surface area contributed by atoms with Crippen LogP contribution in [0.2, 0.25) is 5.02 Å². The highest BCUT2D eigenvalue weighted by molar-refractivity contribution is 7.98. The first-order valence-corrected chi connectivity index (χ1v) is 6.96. The van der Waals surface area contributed by atoms with Crippen molar-refractivity contribution in [1.82, 2.24) is 10.3 Å². The molecule has 5 nitrogen and oxygen atoms in total. The van der Waals surface area contributed by atoms with Crippen molar-refractivity contribution < 1.29 is 14.7 Å². The van der Waals surface area contributed by atoms with Crippen molar-refractivity contribution in [2.75, 3.05) is 12.0 Å². The van der Waals surface area contributed by atoms with Crippen LogP contribution in [0.25, 0.3) is 0 Å². The fraction of sp³-hybridized carbons (Fsp3) is 0.364. The molecular formula is C11H13ClN2O3S. The van der Waals surface area contributed by atoms with Gasteiger partial charge in [-0.3, -0.25) is 9.78 Å². The molecule has 0 radical (unpaired) electrons. The summed E-state index contributed by atoms with van der Waals surface area (Å²) in [5.74, 6) is -0.939. The van der Waals surface area contributed by atoms with Crippen LogP contribution < -0.4 is 5.32 Å². The number of carbonyl (C=O) groups excluding carboxylic acids is 1. The van der Waals surface area contributed by atoms with Gasteiger partial charge in [0.25, 0.3) is 5.91 Å². The highest BCUT2D eigenvalue weighted by Crippen LogP contribution is 2.08. The maximum Gasteiger partial charge on any atom is 0.326 e. The lowest BCUT2D eigenvalue weighted by Gasteiger charge is -2.13. The predicted molar refractivity (Wildman–Crippen MR) is 71.1 cm³/mol. The Labute approximate surface area is 114 Å². The molecule has 1 amide bonds. The number of amides is 1. The van der Waals surface area contributed by atoms with Crippen LogP contribution in [0.5, 0.6) is 0 Å². The average molecular weight is 289 g/mol. The van der Waals surface area contributed by atoms with Crippen LogP contribution in [0.4, 0.5) is 0 Å². The van der Waals surface area contributed by atoms with Crippen LogP contribution in [-0.4, -0.2) is 40.0 Å². The van der Waals surface area contributed by atoms with E-state index in [1.54, 1.807) is 6.07 Å². The van der Waals surface area contributed by atoms with Crippen molar-refractivity contribution in [3.05, 3.63) is 29.0 Å². The molecule has 0 spiro atoms. The SMILES string of the molecule is CSCC[C@@H](NC(=O)c1cc(Cl)ccn1)C(=O)O. The number of thioether (sulfide) groups is 1. The van der Waals surface area contributed by atoms with E-state index in [9.17, 15) is 9.59 Å². The largest absolute Gasteiger partial charge is 0.480 e. The van der Waals surface area contributed by atoms with Crippen LogP contribution in [0.3, 0.4) is 0 Å². The van der Waals surface area contributed by atoms with Gasteiger partial charge in [0.15, 0.2) is 0 Å². The predicted octanol–water partition coefficient (Wildman–Crippen LogP) is 1.67. The first-order valence-electron chi connectivity index (χ1n) is 5.18. The van der Waals surface area contributed by atoms with Crippen LogP contribution in [0.1, 0.15) is 16.9 Å². The summed E-state index contributed by atoms with van der Waals surface area (Å²) in [7, 11) is 0. The Morgan fingerprint density at radius 2 is 2.33 bits per heavy atom. The van der Waals surface area contributed by atoms with Gasteiger partial charge in [-0.05, 0) is 30.6 Å². The number of pyridine rings is 1. The molecule has 7 heteroatoms. The van der Waals surface area contributed by atoms with Gasteiger partial charge in [0.1, 0.15) is 11.7 Å². The van der Waals surface area contributed by atoms with E-state index in [2.05, 4.69) is 10.3 Å². The Morgan fingerprint density at radius 3 is 2.89 bits per heavy atom. The molecule has 98 valence electrons. The fourth-order valence-electron chi connectivity index (χ4n) is 1.25. The van der Waals surface area contributed by atoms with Crippen molar-refractivity contribution in [2.45, 2.75) is 12.5 Å². The number of nitrogens with zero attached hydrogens (tertiary/aromatic N) is 1. The van der Waals surface area contributed by atoms with Crippen LogP contribution in [0.15, 0.2) is 18.3 Å². The van der Waals surface area contributed by atoms with E-state index in [1.807, 2.05) is 6.26 Å². The van der Waals surface area contributed by atoms with Crippen molar-refractivity contribution in [3.63, 3.8) is 0 Å². The van der Waals surface area contributed by atoms with E-state index < -0.39 is 17.9 Å². The number of hydrogen-bond acceptors (Lipinski definition) is 4. The van der Waals surface area contributed by atoms with Crippen LogP contribution in [-0.2, 0) is 4.79 Å². The molecule has 0 aliphatic rings. The highest BCUT2D eigenvalue weighted by Gasteiger charge is 2.20. The van der Waals surface area contributed by atoms with Crippen molar-refractivity contribution in [2.24, 2.45) is 0 Å². The van der Waals surface area contributed by atoms with Gasteiger partial charge in [-0.2, -0.15) is 11.8 Å². The third-order valence-corrected chi connectivity index (χ3v) is 3.05. The minimum Gasteiger partial charge on any atom is -0.480 e. The molecule has 0 unspecified atom stereocenters. The van der Waals surface area contributed by atoms with Gasteiger partial charge in [0, 0.05) is 11.2 Å². The van der Waals surface area contributed by atoms with E-state index in [0.717, 1.165) is 0 Å². The van der Waals surface area contributed by atoms with Gasteiger partial charge in [-0.25, -0.2) is 4.79 Å². The molecular weight excluding hydrogens is 276 g/mol. The molecule has 0 aliphatic carbocycles. The molecule has 1 aromatic heterocycles. The van der Waals surface area contributed by atoms with Gasteiger partial charge in [-0.1, -0.05) is 11.6 Å². The Bertz CT molecular complexity index is 442. The van der Waals surface area contributed by atoms with Gasteiger partial charge in [0.2, 0.25) is 0 Å². The van der Waals surface area contributed by atoms with Crippen LogP contribution >= 0.6 is 23.4 Å². The number of rotatable bonds is 6. The molecule has 0 saturated carbocycles. The highest BCUT2D eigenvalue weighted by atomic mass is 35.5. The molecule has 1 aromatic rings. The third-order valence-electron chi connectivity index (χ3n) is 2.17. The van der Waals surface area contributed by atoms with E-state index >= 15 is 0 Å². The molecule has 0 aliphatic heterocycles. The number of carbonyl (C=O) groups is 2. The number of carboxylic acid groups (broad SMARTS) is 1. The second-order valence-electron chi connectivity index (χ2n) is 3.51. The number of aliphatic carboxylic acids is 1. The van der Waals surface area contributed by atoms with Crippen molar-refractivity contribution in [1.29, 1.82) is 0 Å². The van der Waals surface area contributed by atoms with E-state index in [0.29, 0.717) is 17.2 Å². The van der Waals surface area contributed by atoms with E-state index in [1.165, 1.54) is 24.0 Å². The van der Waals surface area contributed by atoms with E-state index in [4.69, 9.17) is 16.7 Å². The van der Waals surface area contributed by atoms with Crippen molar-refractivity contribution in [3.8, 4) is 0 Å². The monoisotopic (exact) mass is 288 g/mol. The first-order chi connectivity index (χ1) is 8.54. The van der Waals surface area contributed by atoms with Gasteiger partial charge in [-0.15, -0.1) is 0 Å². The zero-order chi connectivity index (χ0) is 13.5. The Balaban J connectivity index is 2.69. The average Bonchev–Trinajstić information content (AvgIpc) is 2.33. The van der Waals surface area contributed by atoms with Gasteiger partial charge < -0.3 is 10.4 Å². The van der Waals surface area contributed by atoms with Crippen molar-refractivity contribution >= 4 is 35.2 Å². The Kier molecular flexibility index (Phi) is 5.94. The lowest BCUT2D eigenvalue weighted by atomic mass is 10.2. The smallest absolute Gasteiger partial charge is 0.326 e. The Morgan fingerprint density at radius 1 is 1.61 bits per heavy atom. The second-order valence-corrected chi connectivity index (χ2v) is 4.93. The maximum absolute atomic E-state index is 11.8. The summed E-state index contributed by atoms with van der Waals surface area (Å²) in [5, 5.41) is 11.8. The third kappa shape index (κ3) is 4.54. The summed E-state index contributed by atoms with van der Waals surface area (Å²) < 4.78 is 0. The summed E-state index contributed by atoms with van der Waals surface area (Å²) >= 11 is 7.25. The summed E-state index contributed by atoms with van der Waals surface area (Å²) in [4.78, 5) is 26.6. The summed E-state index contributed by atoms with van der Waals surface area (Å²) in [6, 6.07) is 2.02. The quantitative estimate of drug-likeness (QED) is 0.832. The fourth-order valence-corrected chi connectivity index (χ4v) is 1.89. The van der Waals surface area contributed by atoms with Gasteiger partial charge >= 0.3 is 5.97 Å². The summed E-state index contributed by atoms with van der Waals surface area (Å²) in [6.45, 7) is 0. The van der Waals surface area contributed by atoms with Gasteiger partial charge in [0.05, 0.1) is 0 Å². The molecule has 1 atom stereocenters. The lowest BCUT2D eigenvalue weighted by Crippen LogP contribution is -2.41. The molecule has 0 aromatic carbocycles. The zero-order valence-corrected chi connectivity index (χ0v) is 11.3. The topological polar surface area (TPSA) is 79.3 Å². The summed E-state index contributed by atoms with van der Waals surface area (Å²) in [5.41, 5.74) is 0.109. The minimum atomic E-state index is -1.06. The standard InChI is InChI=1S/C11H13ClN2O3S/c1-18-5-3-8(11(16)17)14-10(15)9-6-7(12)2-4-13-9/h2,4,6,8H,3,5H2,1H3,(H,14,15)(H,16,17)/t8-/m1/s1. The molecule has 18 heavy (non-hydrogen) atoms.